The van der Waals surface area contributed by atoms with Crippen LogP contribution in [0.5, 0.6) is 0 Å². The fourth-order valence-electron chi connectivity index (χ4n) is 1.54. The Bertz CT molecular complexity index is 667. The highest BCUT2D eigenvalue weighted by Gasteiger charge is 2.13. The molecule has 0 bridgehead atoms. The minimum absolute atomic E-state index is 0.153. The van der Waals surface area contributed by atoms with E-state index in [1.165, 1.54) is 0 Å². The van der Waals surface area contributed by atoms with Gasteiger partial charge in [-0.1, -0.05) is 22.9 Å². The summed E-state index contributed by atoms with van der Waals surface area (Å²) < 4.78 is 0. The van der Waals surface area contributed by atoms with Crippen LogP contribution in [0.3, 0.4) is 0 Å². The Morgan fingerprint density at radius 1 is 1.50 bits per heavy atom. The molecule has 106 valence electrons. The lowest BCUT2D eigenvalue weighted by atomic mass is 10.3. The van der Waals surface area contributed by atoms with Gasteiger partial charge < -0.3 is 15.6 Å². The second-order valence-corrected chi connectivity index (χ2v) is 5.16. The van der Waals surface area contributed by atoms with E-state index in [0.717, 1.165) is 11.3 Å². The van der Waals surface area contributed by atoms with Gasteiger partial charge in [0.2, 0.25) is 0 Å². The van der Waals surface area contributed by atoms with E-state index < -0.39 is 0 Å². The number of carbonyl (C=O) groups is 1. The molecule has 0 atom stereocenters. The Kier molecular flexibility index (Phi) is 4.75. The summed E-state index contributed by atoms with van der Waals surface area (Å²) in [5, 5.41) is 7.61. The van der Waals surface area contributed by atoms with Crippen molar-refractivity contribution in [1.82, 2.24) is 15.3 Å². The maximum Gasteiger partial charge on any atom is 0.304 e. The van der Waals surface area contributed by atoms with Crippen molar-refractivity contribution in [3.8, 4) is 0 Å². The summed E-state index contributed by atoms with van der Waals surface area (Å²) in [6.45, 7) is 2.86. The quantitative estimate of drug-likeness (QED) is 0.786. The summed E-state index contributed by atoms with van der Waals surface area (Å²) in [5.41, 5.74) is 0.801. The molecule has 0 aliphatic carbocycles. The van der Waals surface area contributed by atoms with E-state index in [-0.39, 0.29) is 28.0 Å². The summed E-state index contributed by atoms with van der Waals surface area (Å²) in [7, 11) is 0. The molecule has 0 unspecified atom stereocenters. The largest absolute Gasteiger partial charge is 0.370 e. The van der Waals surface area contributed by atoms with Crippen LogP contribution in [0.1, 0.15) is 23.1 Å². The molecule has 2 aromatic rings. The summed E-state index contributed by atoms with van der Waals surface area (Å²) in [6, 6.07) is 3.33. The average molecular weight is 313 g/mol. The molecule has 0 saturated heterocycles. The maximum atomic E-state index is 12.0. The minimum atomic E-state index is -0.387. The molecule has 0 saturated carbocycles. The van der Waals surface area contributed by atoms with E-state index in [1.807, 2.05) is 6.92 Å². The Balaban J connectivity index is 2.08. The van der Waals surface area contributed by atoms with E-state index in [1.54, 1.807) is 17.5 Å². The van der Waals surface area contributed by atoms with Crippen molar-refractivity contribution in [3.63, 3.8) is 0 Å². The smallest absolute Gasteiger partial charge is 0.304 e. The SMILES string of the molecule is CCNc1ccc(Cl)c(C(=O)NCc2csc(=O)[nH]2)n1. The zero-order valence-corrected chi connectivity index (χ0v) is 12.3. The predicted octanol–water partition coefficient (Wildman–Crippen LogP) is 1.85. The summed E-state index contributed by atoms with van der Waals surface area (Å²) in [6.07, 6.45) is 0. The lowest BCUT2D eigenvalue weighted by Gasteiger charge is -2.08. The van der Waals surface area contributed by atoms with Crippen molar-refractivity contribution in [2.45, 2.75) is 13.5 Å². The Morgan fingerprint density at radius 3 is 2.95 bits per heavy atom. The fraction of sp³-hybridized carbons (Fsp3) is 0.250. The fourth-order valence-corrected chi connectivity index (χ4v) is 2.31. The Labute approximate surface area is 124 Å². The molecule has 3 N–H and O–H groups in total. The molecule has 0 radical (unpaired) electrons. The first-order chi connectivity index (χ1) is 9.60. The van der Waals surface area contributed by atoms with Crippen LogP contribution >= 0.6 is 22.9 Å². The third-order valence-electron chi connectivity index (χ3n) is 2.43. The number of rotatable bonds is 5. The molecule has 0 aromatic carbocycles. The highest BCUT2D eigenvalue weighted by molar-refractivity contribution is 7.07. The molecule has 0 spiro atoms. The molecular weight excluding hydrogens is 300 g/mol. The monoisotopic (exact) mass is 312 g/mol. The molecule has 20 heavy (non-hydrogen) atoms. The average Bonchev–Trinajstić information content (AvgIpc) is 2.84. The molecule has 1 amide bonds. The number of anilines is 1. The Hall–Kier alpha value is -1.86. The van der Waals surface area contributed by atoms with E-state index in [4.69, 9.17) is 11.6 Å². The number of nitrogens with one attached hydrogen (secondary N) is 3. The molecule has 2 heterocycles. The number of hydrogen-bond acceptors (Lipinski definition) is 5. The van der Waals surface area contributed by atoms with Gasteiger partial charge in [-0.15, -0.1) is 0 Å². The second kappa shape index (κ2) is 6.53. The number of aromatic nitrogens is 2. The number of hydrogen-bond donors (Lipinski definition) is 3. The molecule has 0 aliphatic heterocycles. The lowest BCUT2D eigenvalue weighted by Crippen LogP contribution is -2.25. The standard InChI is InChI=1S/C12H13ClN4O2S/c1-2-14-9-4-3-8(13)10(17-9)11(18)15-5-7-6-20-12(19)16-7/h3-4,6H,2,5H2,1H3,(H,14,17)(H,15,18)(H,16,19). The second-order valence-electron chi connectivity index (χ2n) is 3.91. The van der Waals surface area contributed by atoms with Crippen molar-refractivity contribution >= 4 is 34.7 Å². The van der Waals surface area contributed by atoms with Gasteiger partial charge in [0.1, 0.15) is 11.5 Å². The molecule has 8 heteroatoms. The van der Waals surface area contributed by atoms with Crippen LogP contribution in [0.2, 0.25) is 5.02 Å². The molecule has 0 aliphatic rings. The molecule has 2 aromatic heterocycles. The van der Waals surface area contributed by atoms with Gasteiger partial charge in [-0.3, -0.25) is 9.59 Å². The van der Waals surface area contributed by atoms with Crippen LogP contribution in [0, 0.1) is 0 Å². The first-order valence-corrected chi connectivity index (χ1v) is 7.21. The van der Waals surface area contributed by atoms with Crippen LogP contribution in [0.4, 0.5) is 5.82 Å². The van der Waals surface area contributed by atoms with Crippen molar-refractivity contribution in [3.05, 3.63) is 43.6 Å². The first-order valence-electron chi connectivity index (χ1n) is 5.95. The van der Waals surface area contributed by atoms with Gasteiger partial charge in [-0.25, -0.2) is 4.98 Å². The van der Waals surface area contributed by atoms with Gasteiger partial charge in [0.25, 0.3) is 5.91 Å². The third-order valence-corrected chi connectivity index (χ3v) is 3.45. The number of aromatic amines is 1. The highest BCUT2D eigenvalue weighted by Crippen LogP contribution is 2.16. The van der Waals surface area contributed by atoms with Crippen molar-refractivity contribution in [1.29, 1.82) is 0 Å². The Morgan fingerprint density at radius 2 is 2.30 bits per heavy atom. The van der Waals surface area contributed by atoms with Gasteiger partial charge in [0, 0.05) is 17.6 Å². The minimum Gasteiger partial charge on any atom is -0.370 e. The maximum absolute atomic E-state index is 12.0. The predicted molar refractivity (Wildman–Crippen MR) is 79.5 cm³/mol. The molecular formula is C12H13ClN4O2S. The van der Waals surface area contributed by atoms with Crippen molar-refractivity contribution in [2.24, 2.45) is 0 Å². The van der Waals surface area contributed by atoms with E-state index in [2.05, 4.69) is 20.6 Å². The summed E-state index contributed by atoms with van der Waals surface area (Å²) in [4.78, 5) is 29.6. The molecule has 0 fully saturated rings. The zero-order valence-electron chi connectivity index (χ0n) is 10.7. The number of nitrogens with zero attached hydrogens (tertiary/aromatic N) is 1. The first kappa shape index (κ1) is 14.5. The number of H-pyrrole nitrogens is 1. The number of thiazole rings is 1. The third kappa shape index (κ3) is 3.58. The van der Waals surface area contributed by atoms with Gasteiger partial charge in [0.05, 0.1) is 11.6 Å². The number of amides is 1. The summed E-state index contributed by atoms with van der Waals surface area (Å²) in [5.74, 6) is 0.202. The summed E-state index contributed by atoms with van der Waals surface area (Å²) >= 11 is 7.02. The van der Waals surface area contributed by atoms with Gasteiger partial charge in [0.15, 0.2) is 0 Å². The highest BCUT2D eigenvalue weighted by atomic mass is 35.5. The number of halogens is 1. The van der Waals surface area contributed by atoms with Gasteiger partial charge in [-0.2, -0.15) is 0 Å². The lowest BCUT2D eigenvalue weighted by molar-refractivity contribution is 0.0946. The molecule has 6 nitrogen and oxygen atoms in total. The van der Waals surface area contributed by atoms with E-state index in [0.29, 0.717) is 18.1 Å². The van der Waals surface area contributed by atoms with Gasteiger partial charge in [-0.05, 0) is 19.1 Å². The zero-order chi connectivity index (χ0) is 14.5. The van der Waals surface area contributed by atoms with Crippen LogP contribution < -0.4 is 15.5 Å². The van der Waals surface area contributed by atoms with E-state index in [9.17, 15) is 9.59 Å². The van der Waals surface area contributed by atoms with Gasteiger partial charge >= 0.3 is 4.87 Å². The van der Waals surface area contributed by atoms with Crippen LogP contribution in [0.15, 0.2) is 22.3 Å². The van der Waals surface area contributed by atoms with Crippen molar-refractivity contribution < 1.29 is 4.79 Å². The van der Waals surface area contributed by atoms with E-state index >= 15 is 0 Å². The number of pyridine rings is 1. The van der Waals surface area contributed by atoms with Crippen molar-refractivity contribution in [2.75, 3.05) is 11.9 Å². The molecule has 2 rings (SSSR count). The number of carbonyl (C=O) groups excluding carboxylic acids is 1. The van der Waals surface area contributed by atoms with Crippen LogP contribution in [0.25, 0.3) is 0 Å². The normalized spacial score (nSPS) is 10.3. The topological polar surface area (TPSA) is 86.9 Å². The van der Waals surface area contributed by atoms with Crippen LogP contribution in [-0.2, 0) is 6.54 Å². The van der Waals surface area contributed by atoms with Crippen LogP contribution in [-0.4, -0.2) is 22.4 Å².